The van der Waals surface area contributed by atoms with Crippen LogP contribution in [0, 0.1) is 5.82 Å². The summed E-state index contributed by atoms with van der Waals surface area (Å²) in [5.41, 5.74) is 3.26. The van der Waals surface area contributed by atoms with Crippen LogP contribution in [0.1, 0.15) is 24.1 Å². The highest BCUT2D eigenvalue weighted by Gasteiger charge is 2.10. The number of H-pyrrole nitrogens is 1. The number of halogens is 1. The van der Waals surface area contributed by atoms with Gasteiger partial charge in [0.05, 0.1) is 16.8 Å². The van der Waals surface area contributed by atoms with E-state index in [0.717, 1.165) is 16.8 Å². The quantitative estimate of drug-likeness (QED) is 0.744. The summed E-state index contributed by atoms with van der Waals surface area (Å²) in [4.78, 5) is 1.18. The lowest BCUT2D eigenvalue weighted by atomic mass is 10.1. The lowest BCUT2D eigenvalue weighted by molar-refractivity contribution is 0.571. The molecule has 0 saturated carbocycles. The molecule has 0 spiro atoms. The zero-order valence-corrected chi connectivity index (χ0v) is 12.5. The fraction of sp³-hybridized carbons (Fsp3) is 0.188. The first-order valence-electron chi connectivity index (χ1n) is 6.79. The number of aromatic amines is 1. The predicted molar refractivity (Wildman–Crippen MR) is 83.6 cm³/mol. The molecule has 2 N–H and O–H groups in total. The lowest BCUT2D eigenvalue weighted by Gasteiger charge is -2.14. The Morgan fingerprint density at radius 3 is 2.81 bits per heavy atom. The number of nitrogens with zero attached hydrogens (tertiary/aromatic N) is 1. The van der Waals surface area contributed by atoms with Gasteiger partial charge in [0.1, 0.15) is 5.82 Å². The molecule has 0 unspecified atom stereocenters. The predicted octanol–water partition coefficient (Wildman–Crippen LogP) is 4.13. The normalized spacial score (nSPS) is 12.5. The highest BCUT2D eigenvalue weighted by Crippen LogP contribution is 2.26. The van der Waals surface area contributed by atoms with Crippen molar-refractivity contribution in [3.63, 3.8) is 0 Å². The van der Waals surface area contributed by atoms with Crippen molar-refractivity contribution in [1.29, 1.82) is 0 Å². The molecule has 108 valence electrons. The second-order valence-corrected chi connectivity index (χ2v) is 5.85. The molecule has 0 aliphatic carbocycles. The Hall–Kier alpha value is -1.98. The number of aromatic nitrogens is 2. The van der Waals surface area contributed by atoms with Gasteiger partial charge in [-0.15, -0.1) is 11.3 Å². The first-order chi connectivity index (χ1) is 10.2. The molecule has 0 amide bonds. The monoisotopic (exact) mass is 301 g/mol. The molecule has 1 atom stereocenters. The molecule has 5 heteroatoms. The number of hydrogen-bond donors (Lipinski definition) is 2. The summed E-state index contributed by atoms with van der Waals surface area (Å²) in [7, 11) is 0. The Bertz CT molecular complexity index is 689. The van der Waals surface area contributed by atoms with E-state index < -0.39 is 0 Å². The molecule has 2 heterocycles. The van der Waals surface area contributed by atoms with Gasteiger partial charge in [-0.25, -0.2) is 4.39 Å². The minimum absolute atomic E-state index is 0.150. The number of rotatable bonds is 5. The van der Waals surface area contributed by atoms with Crippen LogP contribution in [0.25, 0.3) is 10.6 Å². The van der Waals surface area contributed by atoms with Crippen molar-refractivity contribution < 1.29 is 4.39 Å². The first kappa shape index (κ1) is 14.0. The van der Waals surface area contributed by atoms with Crippen molar-refractivity contribution in [1.82, 2.24) is 15.5 Å². The number of hydrogen-bond acceptors (Lipinski definition) is 3. The summed E-state index contributed by atoms with van der Waals surface area (Å²) in [6.45, 7) is 2.78. The lowest BCUT2D eigenvalue weighted by Crippen LogP contribution is -2.18. The van der Waals surface area contributed by atoms with Crippen LogP contribution in [0.5, 0.6) is 0 Å². The van der Waals surface area contributed by atoms with Crippen LogP contribution in [0.15, 0.2) is 48.0 Å². The van der Waals surface area contributed by atoms with Gasteiger partial charge in [-0.2, -0.15) is 5.10 Å². The van der Waals surface area contributed by atoms with Gasteiger partial charge in [0.2, 0.25) is 0 Å². The van der Waals surface area contributed by atoms with Gasteiger partial charge in [-0.1, -0.05) is 18.2 Å². The van der Waals surface area contributed by atoms with E-state index in [2.05, 4.69) is 33.9 Å². The van der Waals surface area contributed by atoms with E-state index in [1.807, 2.05) is 24.4 Å². The molecule has 0 aliphatic rings. The van der Waals surface area contributed by atoms with E-state index in [-0.39, 0.29) is 11.9 Å². The van der Waals surface area contributed by atoms with Crippen LogP contribution in [-0.4, -0.2) is 10.2 Å². The van der Waals surface area contributed by atoms with Crippen molar-refractivity contribution >= 4 is 11.3 Å². The molecular weight excluding hydrogens is 285 g/mol. The van der Waals surface area contributed by atoms with Crippen molar-refractivity contribution in [2.24, 2.45) is 0 Å². The van der Waals surface area contributed by atoms with Gasteiger partial charge in [0.25, 0.3) is 0 Å². The van der Waals surface area contributed by atoms with Crippen LogP contribution in [-0.2, 0) is 6.54 Å². The number of thiophene rings is 1. The van der Waals surface area contributed by atoms with Crippen LogP contribution in [0.3, 0.4) is 0 Å². The fourth-order valence-electron chi connectivity index (χ4n) is 2.21. The van der Waals surface area contributed by atoms with Gasteiger partial charge < -0.3 is 5.32 Å². The molecule has 3 nitrogen and oxygen atoms in total. The van der Waals surface area contributed by atoms with E-state index in [4.69, 9.17) is 0 Å². The fourth-order valence-corrected chi connectivity index (χ4v) is 2.97. The minimum Gasteiger partial charge on any atom is -0.306 e. The standard InChI is InChI=1S/C16H16FN3S/c1-11(12-4-6-14(17)7-5-12)18-9-13-10-19-20-16(13)15-3-2-8-21-15/h2-8,10-11,18H,9H2,1H3,(H,19,20)/t11-/m1/s1. The molecule has 3 aromatic rings. The van der Waals surface area contributed by atoms with Gasteiger partial charge in [-0.05, 0) is 36.1 Å². The third-order valence-electron chi connectivity index (χ3n) is 3.45. The van der Waals surface area contributed by atoms with Crippen LogP contribution in [0.4, 0.5) is 4.39 Å². The molecule has 0 fully saturated rings. The van der Waals surface area contributed by atoms with Crippen molar-refractivity contribution in [2.45, 2.75) is 19.5 Å². The number of benzene rings is 1. The molecular formula is C16H16FN3S. The van der Waals surface area contributed by atoms with E-state index in [9.17, 15) is 4.39 Å². The number of nitrogens with one attached hydrogen (secondary N) is 2. The van der Waals surface area contributed by atoms with Crippen molar-refractivity contribution in [3.05, 3.63) is 64.9 Å². The van der Waals surface area contributed by atoms with Crippen molar-refractivity contribution in [3.8, 4) is 10.6 Å². The summed E-state index contributed by atoms with van der Waals surface area (Å²) < 4.78 is 12.9. The SMILES string of the molecule is C[C@@H](NCc1cn[nH]c1-c1cccs1)c1ccc(F)cc1. The minimum atomic E-state index is -0.208. The average molecular weight is 301 g/mol. The summed E-state index contributed by atoms with van der Waals surface area (Å²) in [5, 5.41) is 12.7. The van der Waals surface area contributed by atoms with E-state index in [1.54, 1.807) is 11.3 Å². The largest absolute Gasteiger partial charge is 0.306 e. The second kappa shape index (κ2) is 6.20. The molecule has 0 bridgehead atoms. The maximum Gasteiger partial charge on any atom is 0.123 e. The Morgan fingerprint density at radius 2 is 2.10 bits per heavy atom. The van der Waals surface area contributed by atoms with E-state index in [1.165, 1.54) is 17.0 Å². The van der Waals surface area contributed by atoms with Gasteiger partial charge in [0, 0.05) is 18.2 Å². The molecule has 0 radical (unpaired) electrons. The van der Waals surface area contributed by atoms with Gasteiger partial charge in [-0.3, -0.25) is 5.10 Å². The third kappa shape index (κ3) is 3.20. The molecule has 1 aromatic carbocycles. The first-order valence-corrected chi connectivity index (χ1v) is 7.67. The summed E-state index contributed by atoms with van der Waals surface area (Å²) in [6.07, 6.45) is 1.85. The topological polar surface area (TPSA) is 40.7 Å². The maximum absolute atomic E-state index is 12.9. The molecule has 0 aliphatic heterocycles. The van der Waals surface area contributed by atoms with E-state index >= 15 is 0 Å². The van der Waals surface area contributed by atoms with Crippen LogP contribution in [0.2, 0.25) is 0 Å². The summed E-state index contributed by atoms with van der Waals surface area (Å²) in [6, 6.07) is 10.8. The Labute approximate surface area is 126 Å². The zero-order valence-electron chi connectivity index (χ0n) is 11.6. The Kier molecular flexibility index (Phi) is 4.13. The van der Waals surface area contributed by atoms with Crippen LogP contribution >= 0.6 is 11.3 Å². The van der Waals surface area contributed by atoms with Gasteiger partial charge >= 0.3 is 0 Å². The highest BCUT2D eigenvalue weighted by atomic mass is 32.1. The maximum atomic E-state index is 12.9. The van der Waals surface area contributed by atoms with Crippen molar-refractivity contribution in [2.75, 3.05) is 0 Å². The van der Waals surface area contributed by atoms with E-state index in [0.29, 0.717) is 6.54 Å². The molecule has 2 aromatic heterocycles. The van der Waals surface area contributed by atoms with Gasteiger partial charge in [0.15, 0.2) is 0 Å². The highest BCUT2D eigenvalue weighted by molar-refractivity contribution is 7.13. The second-order valence-electron chi connectivity index (χ2n) is 4.90. The summed E-state index contributed by atoms with van der Waals surface area (Å²) in [5.74, 6) is -0.208. The molecule has 21 heavy (non-hydrogen) atoms. The smallest absolute Gasteiger partial charge is 0.123 e. The third-order valence-corrected chi connectivity index (χ3v) is 4.34. The average Bonchev–Trinajstić information content (AvgIpc) is 3.16. The Morgan fingerprint density at radius 1 is 1.29 bits per heavy atom. The Balaban J connectivity index is 1.68. The van der Waals surface area contributed by atoms with Crippen LogP contribution < -0.4 is 5.32 Å². The zero-order chi connectivity index (χ0) is 14.7. The molecule has 3 rings (SSSR count). The summed E-state index contributed by atoms with van der Waals surface area (Å²) >= 11 is 1.69. The molecule has 0 saturated heterocycles.